The zero-order chi connectivity index (χ0) is 13.1. The van der Waals surface area contributed by atoms with Crippen LogP contribution < -0.4 is 10.1 Å². The van der Waals surface area contributed by atoms with E-state index in [1.807, 2.05) is 31.2 Å². The van der Waals surface area contributed by atoms with E-state index >= 15 is 0 Å². The summed E-state index contributed by atoms with van der Waals surface area (Å²) in [6.07, 6.45) is 5.59. The summed E-state index contributed by atoms with van der Waals surface area (Å²) in [6.45, 7) is 2.93. The van der Waals surface area contributed by atoms with E-state index in [2.05, 4.69) is 22.4 Å². The van der Waals surface area contributed by atoms with Crippen molar-refractivity contribution in [2.24, 2.45) is 14.1 Å². The van der Waals surface area contributed by atoms with Crippen molar-refractivity contribution in [3.63, 3.8) is 0 Å². The number of aromatic nitrogens is 4. The van der Waals surface area contributed by atoms with E-state index in [1.165, 1.54) is 0 Å². The van der Waals surface area contributed by atoms with Crippen LogP contribution in [0.3, 0.4) is 0 Å². The lowest BCUT2D eigenvalue weighted by molar-refractivity contribution is 0.401. The van der Waals surface area contributed by atoms with Crippen LogP contribution in [0.4, 0.5) is 0 Å². The fourth-order valence-corrected chi connectivity index (χ4v) is 2.08. The molecule has 2 aromatic rings. The van der Waals surface area contributed by atoms with Gasteiger partial charge in [0.25, 0.3) is 0 Å². The van der Waals surface area contributed by atoms with Gasteiger partial charge in [0.05, 0.1) is 25.5 Å². The molecule has 6 heteroatoms. The molecule has 0 aliphatic carbocycles. The highest BCUT2D eigenvalue weighted by atomic mass is 16.5. The van der Waals surface area contributed by atoms with Crippen molar-refractivity contribution in [1.29, 1.82) is 0 Å². The Hall–Kier alpha value is -1.82. The molecule has 1 N–H and O–H groups in total. The SMILES string of the molecule is CCNC(c1cnn(C)c1)c1c(OC)cnn1C. The van der Waals surface area contributed by atoms with E-state index in [0.717, 1.165) is 23.6 Å². The van der Waals surface area contributed by atoms with Crippen molar-refractivity contribution in [3.05, 3.63) is 29.8 Å². The fourth-order valence-electron chi connectivity index (χ4n) is 2.08. The summed E-state index contributed by atoms with van der Waals surface area (Å²) in [4.78, 5) is 0. The van der Waals surface area contributed by atoms with Crippen LogP contribution in [0.15, 0.2) is 18.6 Å². The van der Waals surface area contributed by atoms with Crippen LogP contribution in [0, 0.1) is 0 Å². The minimum Gasteiger partial charge on any atom is -0.493 e. The predicted octanol–water partition coefficient (Wildman–Crippen LogP) is 0.861. The van der Waals surface area contributed by atoms with Crippen LogP contribution >= 0.6 is 0 Å². The van der Waals surface area contributed by atoms with E-state index in [0.29, 0.717) is 0 Å². The molecule has 0 aliphatic heterocycles. The molecule has 0 radical (unpaired) electrons. The molecule has 0 saturated carbocycles. The zero-order valence-corrected chi connectivity index (χ0v) is 11.2. The van der Waals surface area contributed by atoms with Crippen molar-refractivity contribution in [3.8, 4) is 5.75 Å². The highest BCUT2D eigenvalue weighted by Gasteiger charge is 2.22. The molecule has 2 aromatic heterocycles. The average molecular weight is 249 g/mol. The molecule has 0 bridgehead atoms. The lowest BCUT2D eigenvalue weighted by atomic mass is 10.1. The standard InChI is InChI=1S/C12H19N5O/c1-5-13-11(9-6-14-16(2)8-9)12-10(18-4)7-15-17(12)3/h6-8,11,13H,5H2,1-4H3. The van der Waals surface area contributed by atoms with E-state index in [9.17, 15) is 0 Å². The molecule has 98 valence electrons. The second-order valence-corrected chi connectivity index (χ2v) is 4.16. The summed E-state index contributed by atoms with van der Waals surface area (Å²) in [5, 5.41) is 11.9. The number of rotatable bonds is 5. The molecule has 2 rings (SSSR count). The van der Waals surface area contributed by atoms with Gasteiger partial charge in [-0.05, 0) is 6.54 Å². The van der Waals surface area contributed by atoms with Crippen molar-refractivity contribution in [1.82, 2.24) is 24.9 Å². The topological polar surface area (TPSA) is 56.9 Å². The summed E-state index contributed by atoms with van der Waals surface area (Å²) in [5.41, 5.74) is 2.11. The van der Waals surface area contributed by atoms with Crippen molar-refractivity contribution >= 4 is 0 Å². The molecular weight excluding hydrogens is 230 g/mol. The molecule has 2 heterocycles. The molecule has 6 nitrogen and oxygen atoms in total. The van der Waals surface area contributed by atoms with E-state index < -0.39 is 0 Å². The van der Waals surface area contributed by atoms with Gasteiger partial charge in [-0.2, -0.15) is 10.2 Å². The van der Waals surface area contributed by atoms with Gasteiger partial charge in [-0.15, -0.1) is 0 Å². The van der Waals surface area contributed by atoms with E-state index in [1.54, 1.807) is 18.0 Å². The molecule has 18 heavy (non-hydrogen) atoms. The van der Waals surface area contributed by atoms with Gasteiger partial charge in [-0.25, -0.2) is 0 Å². The Kier molecular flexibility index (Phi) is 3.66. The van der Waals surface area contributed by atoms with Gasteiger partial charge in [-0.1, -0.05) is 6.92 Å². The molecule has 0 amide bonds. The Morgan fingerprint density at radius 3 is 2.67 bits per heavy atom. The van der Waals surface area contributed by atoms with Gasteiger partial charge in [0.1, 0.15) is 5.69 Å². The average Bonchev–Trinajstić information content (AvgIpc) is 2.93. The van der Waals surface area contributed by atoms with Crippen molar-refractivity contribution in [2.75, 3.05) is 13.7 Å². The maximum atomic E-state index is 5.37. The van der Waals surface area contributed by atoms with Crippen LogP contribution in [-0.2, 0) is 14.1 Å². The molecule has 0 fully saturated rings. The van der Waals surface area contributed by atoms with Crippen LogP contribution in [0.5, 0.6) is 5.75 Å². The third kappa shape index (κ3) is 2.24. The van der Waals surface area contributed by atoms with E-state index in [-0.39, 0.29) is 6.04 Å². The number of hydrogen-bond acceptors (Lipinski definition) is 4. The summed E-state index contributed by atoms with van der Waals surface area (Å²) >= 11 is 0. The number of hydrogen-bond donors (Lipinski definition) is 1. The van der Waals surface area contributed by atoms with Crippen LogP contribution in [0.25, 0.3) is 0 Å². The third-order valence-electron chi connectivity index (χ3n) is 2.91. The summed E-state index contributed by atoms with van der Waals surface area (Å²) < 4.78 is 9.00. The highest BCUT2D eigenvalue weighted by Crippen LogP contribution is 2.28. The number of methoxy groups -OCH3 is 1. The predicted molar refractivity (Wildman–Crippen MR) is 68.5 cm³/mol. The Bertz CT molecular complexity index is 516. The molecular formula is C12H19N5O. The van der Waals surface area contributed by atoms with Crippen molar-refractivity contribution in [2.45, 2.75) is 13.0 Å². The fraction of sp³-hybridized carbons (Fsp3) is 0.500. The number of aryl methyl sites for hydroxylation is 2. The Balaban J connectivity index is 2.43. The molecule has 0 aromatic carbocycles. The van der Waals surface area contributed by atoms with Gasteiger partial charge >= 0.3 is 0 Å². The molecule has 0 spiro atoms. The summed E-state index contributed by atoms with van der Waals surface area (Å²) in [7, 11) is 5.48. The third-order valence-corrected chi connectivity index (χ3v) is 2.91. The highest BCUT2D eigenvalue weighted by molar-refractivity contribution is 5.34. The first-order valence-electron chi connectivity index (χ1n) is 5.95. The van der Waals surface area contributed by atoms with Crippen LogP contribution in [0.2, 0.25) is 0 Å². The molecule has 1 unspecified atom stereocenters. The monoisotopic (exact) mass is 249 g/mol. The maximum absolute atomic E-state index is 5.37. The minimum atomic E-state index is 0.0335. The van der Waals surface area contributed by atoms with Crippen molar-refractivity contribution < 1.29 is 4.74 Å². The first-order valence-corrected chi connectivity index (χ1v) is 5.95. The second-order valence-electron chi connectivity index (χ2n) is 4.16. The van der Waals surface area contributed by atoms with Crippen LogP contribution in [0.1, 0.15) is 24.2 Å². The Labute approximate surface area is 107 Å². The normalized spacial score (nSPS) is 12.7. The summed E-state index contributed by atoms with van der Waals surface area (Å²) in [5.74, 6) is 0.785. The van der Waals surface area contributed by atoms with Gasteiger partial charge < -0.3 is 10.1 Å². The number of ether oxygens (including phenoxy) is 1. The summed E-state index contributed by atoms with van der Waals surface area (Å²) in [6, 6.07) is 0.0335. The quantitative estimate of drug-likeness (QED) is 0.854. The van der Waals surface area contributed by atoms with Gasteiger partial charge in [0, 0.05) is 25.9 Å². The first kappa shape index (κ1) is 12.6. The number of nitrogens with zero attached hydrogens (tertiary/aromatic N) is 4. The van der Waals surface area contributed by atoms with Gasteiger partial charge in [0.15, 0.2) is 5.75 Å². The smallest absolute Gasteiger partial charge is 0.161 e. The zero-order valence-electron chi connectivity index (χ0n) is 11.2. The molecule has 0 aliphatic rings. The van der Waals surface area contributed by atoms with Gasteiger partial charge in [0.2, 0.25) is 0 Å². The van der Waals surface area contributed by atoms with Gasteiger partial charge in [-0.3, -0.25) is 9.36 Å². The molecule has 1 atom stereocenters. The van der Waals surface area contributed by atoms with Crippen LogP contribution in [-0.4, -0.2) is 33.2 Å². The first-order chi connectivity index (χ1) is 8.67. The second kappa shape index (κ2) is 5.22. The largest absolute Gasteiger partial charge is 0.493 e. The minimum absolute atomic E-state index is 0.0335. The molecule has 0 saturated heterocycles. The Morgan fingerprint density at radius 1 is 1.33 bits per heavy atom. The maximum Gasteiger partial charge on any atom is 0.161 e. The lowest BCUT2D eigenvalue weighted by Crippen LogP contribution is -2.24. The lowest BCUT2D eigenvalue weighted by Gasteiger charge is -2.18. The Morgan fingerprint density at radius 2 is 2.11 bits per heavy atom. The van der Waals surface area contributed by atoms with E-state index in [4.69, 9.17) is 4.74 Å². The number of nitrogens with one attached hydrogen (secondary N) is 1.